The third kappa shape index (κ3) is 6.32. The van der Waals surface area contributed by atoms with Gasteiger partial charge in [0, 0.05) is 0 Å². The second kappa shape index (κ2) is 7.49. The third-order valence-electron chi connectivity index (χ3n) is 2.78. The molecule has 0 amide bonds. The molecule has 0 aromatic rings. The van der Waals surface area contributed by atoms with Crippen molar-refractivity contribution in [3.05, 3.63) is 11.6 Å². The number of carbonyl (C=O) groups is 1. The van der Waals surface area contributed by atoms with Gasteiger partial charge in [-0.1, -0.05) is 31.9 Å². The van der Waals surface area contributed by atoms with E-state index in [1.165, 1.54) is 5.57 Å². The van der Waals surface area contributed by atoms with E-state index >= 15 is 0 Å². The summed E-state index contributed by atoms with van der Waals surface area (Å²) in [5.74, 6) is -0.528. The van der Waals surface area contributed by atoms with E-state index in [9.17, 15) is 4.79 Å². The van der Waals surface area contributed by atoms with Gasteiger partial charge in [0.2, 0.25) is 0 Å². The first kappa shape index (κ1) is 14.2. The number of carboxylic acids is 1. The summed E-state index contributed by atoms with van der Waals surface area (Å²) in [5.41, 5.74) is 1.31. The topological polar surface area (TPSA) is 37.3 Å². The maximum atomic E-state index is 11.0. The molecule has 0 aliphatic heterocycles. The molecule has 0 heterocycles. The Labute approximate surface area is 93.4 Å². The van der Waals surface area contributed by atoms with E-state index in [-0.39, 0.29) is 11.8 Å². The second-order valence-corrected chi connectivity index (χ2v) is 4.57. The fourth-order valence-corrected chi connectivity index (χ4v) is 1.80. The van der Waals surface area contributed by atoms with Crippen molar-refractivity contribution in [1.82, 2.24) is 0 Å². The minimum Gasteiger partial charge on any atom is -0.481 e. The van der Waals surface area contributed by atoms with Gasteiger partial charge in [0.25, 0.3) is 0 Å². The van der Waals surface area contributed by atoms with E-state index in [4.69, 9.17) is 5.11 Å². The lowest BCUT2D eigenvalue weighted by atomic mass is 9.86. The van der Waals surface area contributed by atoms with Gasteiger partial charge in [-0.25, -0.2) is 0 Å². The van der Waals surface area contributed by atoms with E-state index in [0.717, 1.165) is 25.7 Å². The molecule has 0 aliphatic rings. The molecule has 2 unspecified atom stereocenters. The summed E-state index contributed by atoms with van der Waals surface area (Å²) in [6.45, 7) is 8.24. The zero-order valence-corrected chi connectivity index (χ0v) is 10.4. The van der Waals surface area contributed by atoms with Crippen LogP contribution in [0.4, 0.5) is 0 Å². The standard InChI is InChI=1S/C13H24O2/c1-5-7-12(13(14)15)11(4)9-6-8-10(2)3/h8,11-12H,5-7,9H2,1-4H3,(H,14,15). The first-order valence-corrected chi connectivity index (χ1v) is 5.85. The zero-order chi connectivity index (χ0) is 11.8. The van der Waals surface area contributed by atoms with Gasteiger partial charge in [-0.05, 0) is 39.0 Å². The summed E-state index contributed by atoms with van der Waals surface area (Å²) < 4.78 is 0. The largest absolute Gasteiger partial charge is 0.481 e. The van der Waals surface area contributed by atoms with Crippen LogP contribution in [0.2, 0.25) is 0 Å². The fourth-order valence-electron chi connectivity index (χ4n) is 1.80. The van der Waals surface area contributed by atoms with Crippen molar-refractivity contribution in [2.45, 2.75) is 53.4 Å². The first-order valence-electron chi connectivity index (χ1n) is 5.85. The number of allylic oxidation sites excluding steroid dienone is 2. The molecule has 0 rings (SSSR count). The molecular formula is C13H24O2. The molecule has 0 radical (unpaired) electrons. The van der Waals surface area contributed by atoms with E-state index in [1.54, 1.807) is 0 Å². The maximum Gasteiger partial charge on any atom is 0.306 e. The summed E-state index contributed by atoms with van der Waals surface area (Å²) in [5, 5.41) is 9.07. The molecule has 2 nitrogen and oxygen atoms in total. The van der Waals surface area contributed by atoms with Gasteiger partial charge in [-0.15, -0.1) is 0 Å². The van der Waals surface area contributed by atoms with Gasteiger partial charge in [0.05, 0.1) is 5.92 Å². The summed E-state index contributed by atoms with van der Waals surface area (Å²) in [4.78, 5) is 11.0. The molecule has 2 heteroatoms. The Balaban J connectivity index is 4.08. The SMILES string of the molecule is CCCC(C(=O)O)C(C)CCC=C(C)C. The average molecular weight is 212 g/mol. The molecule has 0 fully saturated rings. The fraction of sp³-hybridized carbons (Fsp3) is 0.769. The molecule has 0 saturated heterocycles. The Bertz CT molecular complexity index is 215. The lowest BCUT2D eigenvalue weighted by Gasteiger charge is -2.18. The summed E-state index contributed by atoms with van der Waals surface area (Å²) in [7, 11) is 0. The van der Waals surface area contributed by atoms with Crippen molar-refractivity contribution < 1.29 is 9.90 Å². The van der Waals surface area contributed by atoms with Crippen molar-refractivity contribution in [2.75, 3.05) is 0 Å². The van der Waals surface area contributed by atoms with Crippen LogP contribution in [-0.2, 0) is 4.79 Å². The van der Waals surface area contributed by atoms with Crippen molar-refractivity contribution in [3.63, 3.8) is 0 Å². The highest BCUT2D eigenvalue weighted by Crippen LogP contribution is 2.22. The van der Waals surface area contributed by atoms with Crippen LogP contribution in [0.15, 0.2) is 11.6 Å². The third-order valence-corrected chi connectivity index (χ3v) is 2.78. The highest BCUT2D eigenvalue weighted by atomic mass is 16.4. The van der Waals surface area contributed by atoms with E-state index in [1.807, 2.05) is 13.8 Å². The smallest absolute Gasteiger partial charge is 0.306 e. The summed E-state index contributed by atoms with van der Waals surface area (Å²) >= 11 is 0. The molecule has 0 aliphatic carbocycles. The lowest BCUT2D eigenvalue weighted by molar-refractivity contribution is -0.143. The van der Waals surface area contributed by atoms with Crippen LogP contribution in [0.3, 0.4) is 0 Å². The van der Waals surface area contributed by atoms with Crippen LogP contribution >= 0.6 is 0 Å². The number of aliphatic carboxylic acids is 1. The average Bonchev–Trinajstić information content (AvgIpc) is 2.12. The van der Waals surface area contributed by atoms with Crippen molar-refractivity contribution in [3.8, 4) is 0 Å². The van der Waals surface area contributed by atoms with Crippen molar-refractivity contribution in [2.24, 2.45) is 11.8 Å². The van der Waals surface area contributed by atoms with E-state index in [0.29, 0.717) is 0 Å². The molecule has 0 aromatic heterocycles. The van der Waals surface area contributed by atoms with Crippen molar-refractivity contribution in [1.29, 1.82) is 0 Å². The van der Waals surface area contributed by atoms with Gasteiger partial charge in [-0.2, -0.15) is 0 Å². The number of rotatable bonds is 7. The van der Waals surface area contributed by atoms with Gasteiger partial charge < -0.3 is 5.11 Å². The maximum absolute atomic E-state index is 11.0. The summed E-state index contributed by atoms with van der Waals surface area (Å²) in [6, 6.07) is 0. The molecule has 0 saturated carbocycles. The van der Waals surface area contributed by atoms with E-state index < -0.39 is 5.97 Å². The highest BCUT2D eigenvalue weighted by Gasteiger charge is 2.22. The Kier molecular flexibility index (Phi) is 7.10. The Morgan fingerprint density at radius 2 is 1.93 bits per heavy atom. The molecular weight excluding hydrogens is 188 g/mol. The first-order chi connectivity index (χ1) is 6.99. The van der Waals surface area contributed by atoms with Crippen LogP contribution in [0.5, 0.6) is 0 Å². The Morgan fingerprint density at radius 1 is 1.33 bits per heavy atom. The van der Waals surface area contributed by atoms with Gasteiger partial charge in [-0.3, -0.25) is 4.79 Å². The number of hydrogen-bond acceptors (Lipinski definition) is 1. The lowest BCUT2D eigenvalue weighted by Crippen LogP contribution is -2.21. The molecule has 0 aromatic carbocycles. The minimum atomic E-state index is -0.637. The highest BCUT2D eigenvalue weighted by molar-refractivity contribution is 5.70. The minimum absolute atomic E-state index is 0.166. The predicted octanol–water partition coefficient (Wildman–Crippen LogP) is 3.87. The molecule has 0 spiro atoms. The molecule has 1 N–H and O–H groups in total. The zero-order valence-electron chi connectivity index (χ0n) is 10.4. The van der Waals surface area contributed by atoms with Crippen LogP contribution in [0, 0.1) is 11.8 Å². The molecule has 15 heavy (non-hydrogen) atoms. The van der Waals surface area contributed by atoms with E-state index in [2.05, 4.69) is 19.9 Å². The van der Waals surface area contributed by atoms with Gasteiger partial charge in [0.15, 0.2) is 0 Å². The van der Waals surface area contributed by atoms with Crippen LogP contribution < -0.4 is 0 Å². The number of carboxylic acid groups (broad SMARTS) is 1. The Hall–Kier alpha value is -0.790. The number of hydrogen-bond donors (Lipinski definition) is 1. The predicted molar refractivity (Wildman–Crippen MR) is 63.9 cm³/mol. The molecule has 0 bridgehead atoms. The molecule has 2 atom stereocenters. The van der Waals surface area contributed by atoms with Crippen LogP contribution in [0.1, 0.15) is 53.4 Å². The normalized spacial score (nSPS) is 14.4. The monoisotopic (exact) mass is 212 g/mol. The second-order valence-electron chi connectivity index (χ2n) is 4.57. The van der Waals surface area contributed by atoms with Crippen LogP contribution in [-0.4, -0.2) is 11.1 Å². The van der Waals surface area contributed by atoms with Crippen molar-refractivity contribution >= 4 is 5.97 Å². The molecule has 88 valence electrons. The van der Waals surface area contributed by atoms with Crippen LogP contribution in [0.25, 0.3) is 0 Å². The van der Waals surface area contributed by atoms with Gasteiger partial charge in [0.1, 0.15) is 0 Å². The van der Waals surface area contributed by atoms with Gasteiger partial charge >= 0.3 is 5.97 Å². The quantitative estimate of drug-likeness (QED) is 0.650. The summed E-state index contributed by atoms with van der Waals surface area (Å²) in [6.07, 6.45) is 5.90. The Morgan fingerprint density at radius 3 is 2.33 bits per heavy atom.